The van der Waals surface area contributed by atoms with Gasteiger partial charge in [-0.2, -0.15) is 0 Å². The molecule has 1 aliphatic carbocycles. The number of rotatable bonds is 9. The molecular formula is C22H36IN5O2. The van der Waals surface area contributed by atoms with Crippen molar-refractivity contribution in [1.29, 1.82) is 0 Å². The highest BCUT2D eigenvalue weighted by atomic mass is 127. The van der Waals surface area contributed by atoms with Gasteiger partial charge in [-0.3, -0.25) is 14.6 Å². The van der Waals surface area contributed by atoms with E-state index >= 15 is 0 Å². The fraction of sp³-hybridized carbons (Fsp3) is 0.591. The maximum absolute atomic E-state index is 11.9. The first kappa shape index (κ1) is 26.2. The molecule has 1 fully saturated rings. The Bertz CT molecular complexity index is 687. The normalized spacial score (nSPS) is 15.6. The Balaban J connectivity index is 0.00000450. The van der Waals surface area contributed by atoms with Crippen molar-refractivity contribution in [2.24, 2.45) is 16.6 Å². The second-order valence-corrected chi connectivity index (χ2v) is 7.90. The molecule has 5 N–H and O–H groups in total. The summed E-state index contributed by atoms with van der Waals surface area (Å²) in [6.45, 7) is 2.65. The van der Waals surface area contributed by atoms with Crippen molar-refractivity contribution in [1.82, 2.24) is 16.0 Å². The molecule has 0 aromatic heterocycles. The predicted octanol–water partition coefficient (Wildman–Crippen LogP) is 2.93. The van der Waals surface area contributed by atoms with Gasteiger partial charge in [-0.1, -0.05) is 44.2 Å². The quantitative estimate of drug-likeness (QED) is 0.224. The van der Waals surface area contributed by atoms with Crippen molar-refractivity contribution >= 4 is 41.8 Å². The van der Waals surface area contributed by atoms with E-state index in [2.05, 4.69) is 27.9 Å². The Labute approximate surface area is 197 Å². The van der Waals surface area contributed by atoms with Crippen molar-refractivity contribution in [3.63, 3.8) is 0 Å². The number of nitrogens with zero attached hydrogens (tertiary/aromatic N) is 1. The van der Waals surface area contributed by atoms with E-state index < -0.39 is 5.91 Å². The van der Waals surface area contributed by atoms with E-state index in [1.54, 1.807) is 19.2 Å². The molecule has 1 aromatic rings. The first-order chi connectivity index (χ1) is 14.0. The van der Waals surface area contributed by atoms with Gasteiger partial charge in [0.25, 0.3) is 5.91 Å². The molecular weight excluding hydrogens is 493 g/mol. The van der Waals surface area contributed by atoms with E-state index in [1.165, 1.54) is 38.5 Å². The van der Waals surface area contributed by atoms with Gasteiger partial charge < -0.3 is 21.7 Å². The minimum absolute atomic E-state index is 0. The van der Waals surface area contributed by atoms with E-state index in [1.807, 2.05) is 12.1 Å². The van der Waals surface area contributed by atoms with Gasteiger partial charge in [0.15, 0.2) is 5.96 Å². The van der Waals surface area contributed by atoms with Crippen molar-refractivity contribution < 1.29 is 9.59 Å². The van der Waals surface area contributed by atoms with E-state index in [9.17, 15) is 9.59 Å². The minimum atomic E-state index is -0.564. The second kappa shape index (κ2) is 14.2. The highest BCUT2D eigenvalue weighted by Gasteiger charge is 2.15. The van der Waals surface area contributed by atoms with Gasteiger partial charge in [-0.05, 0) is 43.4 Å². The summed E-state index contributed by atoms with van der Waals surface area (Å²) in [5, 5.41) is 9.26. The Morgan fingerprint density at radius 3 is 2.40 bits per heavy atom. The number of nitrogens with two attached hydrogens (primary N) is 1. The molecule has 1 saturated carbocycles. The Morgan fingerprint density at radius 2 is 1.80 bits per heavy atom. The number of hydrogen-bond acceptors (Lipinski definition) is 3. The lowest BCUT2D eigenvalue weighted by Gasteiger charge is -2.24. The minimum Gasteiger partial charge on any atom is -0.368 e. The molecule has 0 aliphatic heterocycles. The predicted molar refractivity (Wildman–Crippen MR) is 132 cm³/mol. The summed E-state index contributed by atoms with van der Waals surface area (Å²) in [5.74, 6) is 0.796. The van der Waals surface area contributed by atoms with Crippen LogP contribution in [0.1, 0.15) is 67.8 Å². The van der Waals surface area contributed by atoms with Crippen molar-refractivity contribution in [2.75, 3.05) is 13.6 Å². The standard InChI is InChI=1S/C22H35N5O2.HI/c1-16(8-9-17-6-4-3-5-7-17)27-22(24-2)26-14-18-10-12-19(13-11-18)21(29)25-15-20(23)28;/h10-13,16-17H,3-9,14-15H2,1-2H3,(H2,23,28)(H,25,29)(H2,24,26,27);1H. The fourth-order valence-electron chi connectivity index (χ4n) is 3.69. The van der Waals surface area contributed by atoms with E-state index in [4.69, 9.17) is 5.73 Å². The molecule has 30 heavy (non-hydrogen) atoms. The van der Waals surface area contributed by atoms with Gasteiger partial charge in [-0.25, -0.2) is 0 Å². The molecule has 2 amide bonds. The molecule has 7 nitrogen and oxygen atoms in total. The van der Waals surface area contributed by atoms with Crippen LogP contribution in [0.3, 0.4) is 0 Å². The SMILES string of the molecule is CN=C(NCc1ccc(C(=O)NCC(N)=O)cc1)NC(C)CCC1CCCCC1.I. The van der Waals surface area contributed by atoms with Crippen molar-refractivity contribution in [3.8, 4) is 0 Å². The summed E-state index contributed by atoms with van der Waals surface area (Å²) in [4.78, 5) is 27.0. The molecule has 2 rings (SSSR count). The van der Waals surface area contributed by atoms with Crippen LogP contribution in [0, 0.1) is 5.92 Å². The third-order valence-corrected chi connectivity index (χ3v) is 5.44. The average molecular weight is 529 g/mol. The zero-order valence-corrected chi connectivity index (χ0v) is 20.4. The molecule has 0 heterocycles. The molecule has 0 spiro atoms. The Hall–Kier alpha value is -1.84. The van der Waals surface area contributed by atoms with E-state index in [0.717, 1.165) is 23.9 Å². The Morgan fingerprint density at radius 1 is 1.13 bits per heavy atom. The highest BCUT2D eigenvalue weighted by Crippen LogP contribution is 2.27. The van der Waals surface area contributed by atoms with Gasteiger partial charge in [0, 0.05) is 25.2 Å². The van der Waals surface area contributed by atoms with Crippen LogP contribution in [-0.2, 0) is 11.3 Å². The first-order valence-electron chi connectivity index (χ1n) is 10.6. The number of guanidine groups is 1. The third kappa shape index (κ3) is 9.77. The number of halogens is 1. The van der Waals surface area contributed by atoms with Gasteiger partial charge >= 0.3 is 0 Å². The van der Waals surface area contributed by atoms with Crippen molar-refractivity contribution in [2.45, 2.75) is 64.5 Å². The number of carbonyl (C=O) groups excluding carboxylic acids is 2. The number of hydrogen-bond donors (Lipinski definition) is 4. The molecule has 1 unspecified atom stereocenters. The summed E-state index contributed by atoms with van der Waals surface area (Å²) in [5.41, 5.74) is 6.57. The van der Waals surface area contributed by atoms with Crippen LogP contribution < -0.4 is 21.7 Å². The molecule has 1 aliphatic rings. The highest BCUT2D eigenvalue weighted by molar-refractivity contribution is 14.0. The summed E-state index contributed by atoms with van der Waals surface area (Å²) in [6.07, 6.45) is 9.39. The maximum atomic E-state index is 11.9. The number of amides is 2. The summed E-state index contributed by atoms with van der Waals surface area (Å²) in [6, 6.07) is 7.60. The third-order valence-electron chi connectivity index (χ3n) is 5.44. The Kier molecular flexibility index (Phi) is 12.4. The van der Waals surface area contributed by atoms with Crippen LogP contribution in [0.4, 0.5) is 0 Å². The first-order valence-corrected chi connectivity index (χ1v) is 10.6. The lowest BCUT2D eigenvalue weighted by atomic mass is 9.85. The second-order valence-electron chi connectivity index (χ2n) is 7.90. The number of benzene rings is 1. The van der Waals surface area contributed by atoms with Crippen LogP contribution in [0.25, 0.3) is 0 Å². The van der Waals surface area contributed by atoms with Gasteiger partial charge in [0.05, 0.1) is 6.54 Å². The number of nitrogens with one attached hydrogen (secondary N) is 3. The number of primary amides is 1. The molecule has 168 valence electrons. The van der Waals surface area contributed by atoms with Gasteiger partial charge in [0.1, 0.15) is 0 Å². The topological polar surface area (TPSA) is 109 Å². The van der Waals surface area contributed by atoms with Crippen LogP contribution in [-0.4, -0.2) is 37.4 Å². The van der Waals surface area contributed by atoms with Crippen LogP contribution in [0.5, 0.6) is 0 Å². The zero-order valence-electron chi connectivity index (χ0n) is 18.1. The molecule has 1 aromatic carbocycles. The van der Waals surface area contributed by atoms with Gasteiger partial charge in [-0.15, -0.1) is 24.0 Å². The smallest absolute Gasteiger partial charge is 0.251 e. The average Bonchev–Trinajstić information content (AvgIpc) is 2.74. The van der Waals surface area contributed by atoms with Crippen LogP contribution in [0.15, 0.2) is 29.3 Å². The van der Waals surface area contributed by atoms with E-state index in [-0.39, 0.29) is 36.4 Å². The summed E-state index contributed by atoms with van der Waals surface area (Å²) < 4.78 is 0. The molecule has 0 saturated heterocycles. The zero-order chi connectivity index (χ0) is 21.1. The lowest BCUT2D eigenvalue weighted by molar-refractivity contribution is -0.117. The van der Waals surface area contributed by atoms with Crippen LogP contribution >= 0.6 is 24.0 Å². The van der Waals surface area contributed by atoms with Crippen molar-refractivity contribution in [3.05, 3.63) is 35.4 Å². The molecule has 0 bridgehead atoms. The fourth-order valence-corrected chi connectivity index (χ4v) is 3.69. The largest absolute Gasteiger partial charge is 0.368 e. The van der Waals surface area contributed by atoms with E-state index in [0.29, 0.717) is 18.2 Å². The molecule has 0 radical (unpaired) electrons. The van der Waals surface area contributed by atoms with Crippen LogP contribution in [0.2, 0.25) is 0 Å². The summed E-state index contributed by atoms with van der Waals surface area (Å²) >= 11 is 0. The summed E-state index contributed by atoms with van der Waals surface area (Å²) in [7, 11) is 1.77. The monoisotopic (exact) mass is 529 g/mol. The number of carbonyl (C=O) groups is 2. The molecule has 1 atom stereocenters. The lowest BCUT2D eigenvalue weighted by Crippen LogP contribution is -2.42. The molecule has 8 heteroatoms. The maximum Gasteiger partial charge on any atom is 0.251 e. The van der Waals surface area contributed by atoms with Gasteiger partial charge in [0.2, 0.25) is 5.91 Å². The number of aliphatic imine (C=N–C) groups is 1.